The molecule has 5 nitrogen and oxygen atoms in total. The van der Waals surface area contributed by atoms with Crippen LogP contribution in [-0.2, 0) is 9.47 Å². The van der Waals surface area contributed by atoms with Crippen molar-refractivity contribution in [1.29, 1.82) is 0 Å². The maximum atomic E-state index is 12.0. The van der Waals surface area contributed by atoms with Gasteiger partial charge in [0.15, 0.2) is 13.2 Å². The molecule has 0 fully saturated rings. The van der Waals surface area contributed by atoms with Gasteiger partial charge in [0.25, 0.3) is 0 Å². The average Bonchev–Trinajstić information content (AvgIpc) is 2.57. The van der Waals surface area contributed by atoms with Crippen LogP contribution in [0.3, 0.4) is 0 Å². The first kappa shape index (κ1) is 17.6. The molecular formula is C18H12O5. The quantitative estimate of drug-likeness (QED) is 0.356. The number of carbonyl (C=O) groups excluding carboxylic acids is 3. The van der Waals surface area contributed by atoms with Gasteiger partial charge in [-0.05, 0) is 31.0 Å². The monoisotopic (exact) mass is 308 g/mol. The second-order valence-electron chi connectivity index (χ2n) is 4.03. The van der Waals surface area contributed by atoms with Gasteiger partial charge in [0, 0.05) is 5.56 Å². The number of hydrogen-bond donors (Lipinski definition) is 0. The van der Waals surface area contributed by atoms with E-state index < -0.39 is 17.7 Å². The van der Waals surface area contributed by atoms with Crippen LogP contribution in [0.25, 0.3) is 0 Å². The van der Waals surface area contributed by atoms with Crippen LogP contribution in [0.15, 0.2) is 18.2 Å². The largest absolute Gasteiger partial charge is 0.449 e. The molecule has 1 aromatic rings. The van der Waals surface area contributed by atoms with Gasteiger partial charge in [0.1, 0.15) is 0 Å². The SMILES string of the molecule is C#CCOC(=O)c1ccc(C(=O)C#CC)cc1C(=O)OCC#C. The van der Waals surface area contributed by atoms with Crippen molar-refractivity contribution in [3.63, 3.8) is 0 Å². The molecule has 0 aliphatic heterocycles. The van der Waals surface area contributed by atoms with Crippen molar-refractivity contribution in [2.75, 3.05) is 13.2 Å². The molecular weight excluding hydrogens is 296 g/mol. The minimum absolute atomic E-state index is 0.0803. The Bertz CT molecular complexity index is 778. The number of Topliss-reactive ketones (excluding diaryl/α,β-unsaturated/α-hetero) is 1. The number of rotatable bonds is 5. The Kier molecular flexibility index (Phi) is 6.66. The summed E-state index contributed by atoms with van der Waals surface area (Å²) in [6, 6.07) is 3.84. The number of ketones is 1. The highest BCUT2D eigenvalue weighted by Crippen LogP contribution is 2.16. The number of benzene rings is 1. The van der Waals surface area contributed by atoms with Crippen LogP contribution < -0.4 is 0 Å². The molecule has 0 unspecified atom stereocenters. The third-order valence-corrected chi connectivity index (χ3v) is 2.53. The standard InChI is InChI=1S/C18H12O5/c1-4-7-16(19)13-8-9-14(17(20)22-10-5-2)15(12-13)18(21)23-11-6-3/h2-3,8-9,12H,10-11H2,1H3. The first-order valence-corrected chi connectivity index (χ1v) is 6.37. The molecule has 1 rings (SSSR count). The molecule has 0 aliphatic rings. The van der Waals surface area contributed by atoms with E-state index in [2.05, 4.69) is 23.7 Å². The Morgan fingerprint density at radius 1 is 1.00 bits per heavy atom. The molecule has 5 heteroatoms. The van der Waals surface area contributed by atoms with E-state index in [0.717, 1.165) is 0 Å². The highest BCUT2D eigenvalue weighted by molar-refractivity contribution is 6.11. The number of ether oxygens (including phenoxy) is 2. The zero-order chi connectivity index (χ0) is 17.2. The zero-order valence-corrected chi connectivity index (χ0v) is 12.3. The van der Waals surface area contributed by atoms with E-state index in [1.807, 2.05) is 0 Å². The summed E-state index contributed by atoms with van der Waals surface area (Å²) in [7, 11) is 0. The van der Waals surface area contributed by atoms with Crippen molar-refractivity contribution in [2.45, 2.75) is 6.92 Å². The molecule has 0 atom stereocenters. The van der Waals surface area contributed by atoms with E-state index >= 15 is 0 Å². The molecule has 0 aromatic heterocycles. The molecule has 0 saturated heterocycles. The normalized spacial score (nSPS) is 8.65. The van der Waals surface area contributed by atoms with Crippen molar-refractivity contribution in [1.82, 2.24) is 0 Å². The summed E-state index contributed by atoms with van der Waals surface area (Å²) in [5.41, 5.74) is -0.0881. The molecule has 23 heavy (non-hydrogen) atoms. The van der Waals surface area contributed by atoms with Crippen LogP contribution in [0, 0.1) is 36.5 Å². The summed E-state index contributed by atoms with van der Waals surface area (Å²) in [6.07, 6.45) is 10.0. The van der Waals surface area contributed by atoms with Gasteiger partial charge in [-0.2, -0.15) is 0 Å². The second-order valence-corrected chi connectivity index (χ2v) is 4.03. The Balaban J connectivity index is 3.28. The smallest absolute Gasteiger partial charge is 0.339 e. The van der Waals surface area contributed by atoms with Gasteiger partial charge in [0.05, 0.1) is 11.1 Å². The molecule has 0 heterocycles. The lowest BCUT2D eigenvalue weighted by molar-refractivity contribution is 0.0510. The zero-order valence-electron chi connectivity index (χ0n) is 12.3. The van der Waals surface area contributed by atoms with Gasteiger partial charge in [-0.25, -0.2) is 9.59 Å². The van der Waals surface area contributed by atoms with Gasteiger partial charge in [-0.1, -0.05) is 17.8 Å². The minimum atomic E-state index is -0.852. The lowest BCUT2D eigenvalue weighted by Gasteiger charge is -2.09. The maximum Gasteiger partial charge on any atom is 0.339 e. The summed E-state index contributed by atoms with van der Waals surface area (Å²) in [5, 5.41) is 0. The highest BCUT2D eigenvalue weighted by atomic mass is 16.5. The van der Waals surface area contributed by atoms with E-state index in [-0.39, 0.29) is 29.9 Å². The fraction of sp³-hybridized carbons (Fsp3) is 0.167. The molecule has 0 spiro atoms. The first-order chi connectivity index (χ1) is 11.0. The third-order valence-electron chi connectivity index (χ3n) is 2.53. The van der Waals surface area contributed by atoms with Crippen LogP contribution in [0.1, 0.15) is 38.0 Å². The number of esters is 2. The van der Waals surface area contributed by atoms with Crippen molar-refractivity contribution in [3.05, 3.63) is 34.9 Å². The van der Waals surface area contributed by atoms with Crippen LogP contribution >= 0.6 is 0 Å². The number of hydrogen-bond acceptors (Lipinski definition) is 5. The van der Waals surface area contributed by atoms with Crippen LogP contribution in [-0.4, -0.2) is 30.9 Å². The molecule has 114 valence electrons. The van der Waals surface area contributed by atoms with Gasteiger partial charge in [0.2, 0.25) is 5.78 Å². The van der Waals surface area contributed by atoms with Gasteiger partial charge in [-0.3, -0.25) is 4.79 Å². The predicted octanol–water partition coefficient (Wildman–Crippen LogP) is 1.47. The highest BCUT2D eigenvalue weighted by Gasteiger charge is 2.21. The lowest BCUT2D eigenvalue weighted by atomic mass is 10.0. The molecule has 0 radical (unpaired) electrons. The summed E-state index contributed by atoms with van der Waals surface area (Å²) < 4.78 is 9.58. The fourth-order valence-corrected chi connectivity index (χ4v) is 1.59. The van der Waals surface area contributed by atoms with E-state index in [9.17, 15) is 14.4 Å². The molecule has 0 aliphatic carbocycles. The topological polar surface area (TPSA) is 69.7 Å². The Morgan fingerprint density at radius 3 is 2.09 bits per heavy atom. The van der Waals surface area contributed by atoms with E-state index in [0.29, 0.717) is 0 Å². The maximum absolute atomic E-state index is 12.0. The summed E-state index contributed by atoms with van der Waals surface area (Å²) in [6.45, 7) is 0.982. The van der Waals surface area contributed by atoms with Gasteiger partial charge >= 0.3 is 11.9 Å². The Hall–Kier alpha value is -3.49. The summed E-state index contributed by atoms with van der Waals surface area (Å²) in [4.78, 5) is 35.7. The second kappa shape index (κ2) is 8.72. The van der Waals surface area contributed by atoms with Gasteiger partial charge in [-0.15, -0.1) is 12.8 Å². The average molecular weight is 308 g/mol. The molecule has 0 amide bonds. The summed E-state index contributed by atoms with van der Waals surface area (Å²) >= 11 is 0. The fourth-order valence-electron chi connectivity index (χ4n) is 1.59. The van der Waals surface area contributed by atoms with Crippen LogP contribution in [0.5, 0.6) is 0 Å². The van der Waals surface area contributed by atoms with E-state index in [4.69, 9.17) is 22.3 Å². The predicted molar refractivity (Wildman–Crippen MR) is 82.5 cm³/mol. The van der Waals surface area contributed by atoms with Crippen LogP contribution in [0.2, 0.25) is 0 Å². The van der Waals surface area contributed by atoms with Crippen molar-refractivity contribution in [3.8, 4) is 36.5 Å². The van der Waals surface area contributed by atoms with Crippen LogP contribution in [0.4, 0.5) is 0 Å². The molecule has 0 saturated carbocycles. The number of carbonyl (C=O) groups is 3. The van der Waals surface area contributed by atoms with E-state index in [1.165, 1.54) is 25.1 Å². The van der Waals surface area contributed by atoms with Crippen molar-refractivity contribution >= 4 is 17.7 Å². The first-order valence-electron chi connectivity index (χ1n) is 6.37. The van der Waals surface area contributed by atoms with Crippen molar-refractivity contribution < 1.29 is 23.9 Å². The Morgan fingerprint density at radius 2 is 1.57 bits per heavy atom. The Labute approximate surface area is 134 Å². The third kappa shape index (κ3) is 4.77. The van der Waals surface area contributed by atoms with E-state index in [1.54, 1.807) is 0 Å². The van der Waals surface area contributed by atoms with Crippen molar-refractivity contribution in [2.24, 2.45) is 0 Å². The molecule has 0 N–H and O–H groups in total. The minimum Gasteiger partial charge on any atom is -0.449 e. The molecule has 1 aromatic carbocycles. The molecule has 0 bridgehead atoms. The number of terminal acetylenes is 2. The van der Waals surface area contributed by atoms with Gasteiger partial charge < -0.3 is 9.47 Å². The summed E-state index contributed by atoms with van der Waals surface area (Å²) in [5.74, 6) is 6.91. The lowest BCUT2D eigenvalue weighted by Crippen LogP contribution is -2.15.